The molecule has 0 aliphatic carbocycles. The number of rotatable bonds is 3. The second kappa shape index (κ2) is 4.32. The average Bonchev–Trinajstić information content (AvgIpc) is 2.86. The lowest BCUT2D eigenvalue weighted by atomic mass is 10.2. The van der Waals surface area contributed by atoms with Crippen molar-refractivity contribution in [2.24, 2.45) is 7.05 Å². The number of aromatic nitrogens is 2. The third-order valence-electron chi connectivity index (χ3n) is 2.52. The molecule has 6 heteroatoms. The SMILES string of the molecule is Cc1nn(C)c(C(=O)NCc2ccoc2)c1N. The number of hydrogen-bond acceptors (Lipinski definition) is 4. The molecule has 1 amide bonds. The van der Waals surface area contributed by atoms with Crippen LogP contribution in [0.4, 0.5) is 5.69 Å². The summed E-state index contributed by atoms with van der Waals surface area (Å²) in [6, 6.07) is 1.79. The summed E-state index contributed by atoms with van der Waals surface area (Å²) in [6.07, 6.45) is 3.14. The molecular weight excluding hydrogens is 220 g/mol. The Morgan fingerprint density at radius 3 is 2.94 bits per heavy atom. The van der Waals surface area contributed by atoms with E-state index in [4.69, 9.17) is 10.2 Å². The minimum Gasteiger partial charge on any atom is -0.472 e. The fourth-order valence-electron chi connectivity index (χ4n) is 1.60. The third kappa shape index (κ3) is 2.15. The van der Waals surface area contributed by atoms with Gasteiger partial charge >= 0.3 is 0 Å². The van der Waals surface area contributed by atoms with E-state index >= 15 is 0 Å². The highest BCUT2D eigenvalue weighted by molar-refractivity contribution is 5.97. The van der Waals surface area contributed by atoms with Crippen LogP contribution >= 0.6 is 0 Å². The van der Waals surface area contributed by atoms with Crippen molar-refractivity contribution < 1.29 is 9.21 Å². The number of nitrogen functional groups attached to an aromatic ring is 1. The molecule has 17 heavy (non-hydrogen) atoms. The van der Waals surface area contributed by atoms with E-state index in [0.29, 0.717) is 23.6 Å². The number of anilines is 1. The number of nitrogens with one attached hydrogen (secondary N) is 1. The summed E-state index contributed by atoms with van der Waals surface area (Å²) in [4.78, 5) is 11.9. The summed E-state index contributed by atoms with van der Waals surface area (Å²) in [5, 5.41) is 6.85. The van der Waals surface area contributed by atoms with Gasteiger partial charge in [0.25, 0.3) is 5.91 Å². The van der Waals surface area contributed by atoms with Crippen molar-refractivity contribution in [3.05, 3.63) is 35.5 Å². The Kier molecular flexibility index (Phi) is 2.86. The molecular formula is C11H14N4O2. The number of carbonyl (C=O) groups is 1. The van der Waals surface area contributed by atoms with E-state index in [9.17, 15) is 4.79 Å². The van der Waals surface area contributed by atoms with Crippen LogP contribution in [-0.2, 0) is 13.6 Å². The van der Waals surface area contributed by atoms with Gasteiger partial charge in [0.15, 0.2) is 0 Å². The van der Waals surface area contributed by atoms with E-state index in [1.165, 1.54) is 4.68 Å². The van der Waals surface area contributed by atoms with E-state index < -0.39 is 0 Å². The van der Waals surface area contributed by atoms with Crippen LogP contribution in [0.1, 0.15) is 21.7 Å². The van der Waals surface area contributed by atoms with E-state index in [1.54, 1.807) is 32.6 Å². The van der Waals surface area contributed by atoms with Crippen molar-refractivity contribution in [2.45, 2.75) is 13.5 Å². The van der Waals surface area contributed by atoms with Crippen molar-refractivity contribution >= 4 is 11.6 Å². The number of furan rings is 1. The molecule has 0 atom stereocenters. The molecule has 0 bridgehead atoms. The minimum atomic E-state index is -0.244. The maximum atomic E-state index is 11.9. The number of nitrogens with zero attached hydrogens (tertiary/aromatic N) is 2. The first kappa shape index (κ1) is 11.3. The Balaban J connectivity index is 2.10. The molecule has 6 nitrogen and oxygen atoms in total. The molecule has 0 radical (unpaired) electrons. The first-order valence-electron chi connectivity index (χ1n) is 5.18. The molecule has 0 saturated carbocycles. The van der Waals surface area contributed by atoms with Crippen LogP contribution in [0.25, 0.3) is 0 Å². The average molecular weight is 234 g/mol. The molecule has 2 aromatic rings. The summed E-state index contributed by atoms with van der Waals surface area (Å²) in [5.41, 5.74) is 8.14. The molecule has 0 spiro atoms. The molecule has 2 rings (SSSR count). The van der Waals surface area contributed by atoms with Crippen LogP contribution in [0.15, 0.2) is 23.0 Å². The maximum Gasteiger partial charge on any atom is 0.271 e. The van der Waals surface area contributed by atoms with Gasteiger partial charge in [-0.3, -0.25) is 9.48 Å². The Bertz CT molecular complexity index is 528. The van der Waals surface area contributed by atoms with Gasteiger partial charge in [0, 0.05) is 19.2 Å². The standard InChI is InChI=1S/C11H14N4O2/c1-7-9(12)10(15(2)14-7)11(16)13-5-8-3-4-17-6-8/h3-4,6H,5,12H2,1-2H3,(H,13,16). The fourth-order valence-corrected chi connectivity index (χ4v) is 1.60. The summed E-state index contributed by atoms with van der Waals surface area (Å²) in [7, 11) is 1.69. The topological polar surface area (TPSA) is 86.1 Å². The van der Waals surface area contributed by atoms with Gasteiger partial charge in [-0.05, 0) is 13.0 Å². The van der Waals surface area contributed by atoms with Crippen LogP contribution in [-0.4, -0.2) is 15.7 Å². The van der Waals surface area contributed by atoms with Crippen molar-refractivity contribution in [1.29, 1.82) is 0 Å². The van der Waals surface area contributed by atoms with Gasteiger partial charge in [-0.25, -0.2) is 0 Å². The van der Waals surface area contributed by atoms with Crippen molar-refractivity contribution in [3.8, 4) is 0 Å². The number of aryl methyl sites for hydroxylation is 2. The van der Waals surface area contributed by atoms with Crippen molar-refractivity contribution in [2.75, 3.05) is 5.73 Å². The lowest BCUT2D eigenvalue weighted by Crippen LogP contribution is -2.25. The monoisotopic (exact) mass is 234 g/mol. The van der Waals surface area contributed by atoms with Crippen LogP contribution in [0.3, 0.4) is 0 Å². The number of nitrogens with two attached hydrogens (primary N) is 1. The molecule has 0 aliphatic heterocycles. The predicted octanol–water partition coefficient (Wildman–Crippen LogP) is 0.834. The maximum absolute atomic E-state index is 11.9. The molecule has 3 N–H and O–H groups in total. The van der Waals surface area contributed by atoms with E-state index in [2.05, 4.69) is 10.4 Å². The highest BCUT2D eigenvalue weighted by Gasteiger charge is 2.17. The van der Waals surface area contributed by atoms with E-state index in [0.717, 1.165) is 5.56 Å². The second-order valence-electron chi connectivity index (χ2n) is 3.79. The van der Waals surface area contributed by atoms with Crippen LogP contribution in [0.5, 0.6) is 0 Å². The van der Waals surface area contributed by atoms with Crippen LogP contribution in [0, 0.1) is 6.92 Å². The Morgan fingerprint density at radius 2 is 2.41 bits per heavy atom. The summed E-state index contributed by atoms with van der Waals surface area (Å²) >= 11 is 0. The van der Waals surface area contributed by atoms with E-state index in [1.807, 2.05) is 0 Å². The number of amides is 1. The van der Waals surface area contributed by atoms with Gasteiger partial charge < -0.3 is 15.5 Å². The van der Waals surface area contributed by atoms with Gasteiger partial charge in [0.2, 0.25) is 0 Å². The number of carbonyl (C=O) groups excluding carboxylic acids is 1. The van der Waals surface area contributed by atoms with Gasteiger partial charge in [0.1, 0.15) is 5.69 Å². The fraction of sp³-hybridized carbons (Fsp3) is 0.273. The Labute approximate surface area is 98.4 Å². The quantitative estimate of drug-likeness (QED) is 0.823. The largest absolute Gasteiger partial charge is 0.472 e. The highest BCUT2D eigenvalue weighted by atomic mass is 16.3. The van der Waals surface area contributed by atoms with Gasteiger partial charge in [0.05, 0.1) is 23.9 Å². The van der Waals surface area contributed by atoms with Gasteiger partial charge in [-0.1, -0.05) is 0 Å². The molecule has 0 saturated heterocycles. The molecule has 0 aliphatic rings. The molecule has 2 heterocycles. The summed E-state index contributed by atoms with van der Waals surface area (Å²) < 4.78 is 6.39. The first-order valence-corrected chi connectivity index (χ1v) is 5.18. The zero-order valence-corrected chi connectivity index (χ0v) is 9.73. The lowest BCUT2D eigenvalue weighted by molar-refractivity contribution is 0.0942. The highest BCUT2D eigenvalue weighted by Crippen LogP contribution is 2.15. The predicted molar refractivity (Wildman–Crippen MR) is 62.2 cm³/mol. The van der Waals surface area contributed by atoms with Crippen LogP contribution < -0.4 is 11.1 Å². The Hall–Kier alpha value is -2.24. The normalized spacial score (nSPS) is 10.5. The molecule has 2 aromatic heterocycles. The summed E-state index contributed by atoms with van der Waals surface area (Å²) in [5.74, 6) is -0.244. The van der Waals surface area contributed by atoms with Gasteiger partial charge in [-0.2, -0.15) is 5.10 Å². The number of hydrogen-bond donors (Lipinski definition) is 2. The third-order valence-corrected chi connectivity index (χ3v) is 2.52. The smallest absolute Gasteiger partial charge is 0.271 e. The first-order chi connectivity index (χ1) is 8.09. The zero-order valence-electron chi connectivity index (χ0n) is 9.73. The second-order valence-corrected chi connectivity index (χ2v) is 3.79. The lowest BCUT2D eigenvalue weighted by Gasteiger charge is -2.04. The molecule has 0 unspecified atom stereocenters. The minimum absolute atomic E-state index is 0.244. The molecule has 0 aromatic carbocycles. The molecule has 0 fully saturated rings. The summed E-state index contributed by atoms with van der Waals surface area (Å²) in [6.45, 7) is 2.17. The van der Waals surface area contributed by atoms with Gasteiger partial charge in [-0.15, -0.1) is 0 Å². The Morgan fingerprint density at radius 1 is 1.65 bits per heavy atom. The zero-order chi connectivity index (χ0) is 12.4. The van der Waals surface area contributed by atoms with Crippen molar-refractivity contribution in [3.63, 3.8) is 0 Å². The van der Waals surface area contributed by atoms with Crippen LogP contribution in [0.2, 0.25) is 0 Å². The van der Waals surface area contributed by atoms with E-state index in [-0.39, 0.29) is 5.91 Å². The molecule has 90 valence electrons. The van der Waals surface area contributed by atoms with Crippen molar-refractivity contribution in [1.82, 2.24) is 15.1 Å².